The lowest BCUT2D eigenvalue weighted by Gasteiger charge is -2.29. The monoisotopic (exact) mass is 695 g/mol. The van der Waals surface area contributed by atoms with Crippen LogP contribution in [-0.2, 0) is 14.3 Å². The number of alkyl halides is 4. The lowest BCUT2D eigenvalue weighted by atomic mass is 9.96. The highest BCUT2D eigenvalue weighted by atomic mass is 32.2. The maximum atomic E-state index is 14.3. The average Bonchev–Trinajstić information content (AvgIpc) is 3.06. The molecule has 0 aliphatic heterocycles. The van der Waals surface area contributed by atoms with Gasteiger partial charge in [0, 0.05) is 17.6 Å². The molecule has 3 atom stereocenters. The minimum Gasteiger partial charge on any atom is -0.342 e. The highest BCUT2D eigenvalue weighted by molar-refractivity contribution is 7.99. The summed E-state index contributed by atoms with van der Waals surface area (Å²) in [4.78, 5) is 13.1. The number of hydrogen-bond donors (Lipinski definition) is 2. The number of nitrogens with one attached hydrogen (secondary N) is 2. The van der Waals surface area contributed by atoms with Crippen molar-refractivity contribution in [2.75, 3.05) is 12.8 Å². The molecule has 49 heavy (non-hydrogen) atoms. The molecule has 0 bridgehead atoms. The molecule has 0 saturated heterocycles. The second-order valence-electron chi connectivity index (χ2n) is 11.9. The first-order valence-electron chi connectivity index (χ1n) is 15.8. The van der Waals surface area contributed by atoms with Crippen molar-refractivity contribution in [3.63, 3.8) is 0 Å². The Kier molecular flexibility index (Phi) is 15.2. The number of amides is 1. The average molecular weight is 696 g/mol. The van der Waals surface area contributed by atoms with Crippen LogP contribution in [0.4, 0.5) is 17.6 Å². The SMILES string of the molecule is C=S(C)(=O)c1ccc(-c2ccc(-c3ccc(C(NC(CC(C)(C)F)C(=O)NCC#N)C(F)(F)F)cc3)cc2)cc1.CC.Cc1ccccc1. The zero-order chi connectivity index (χ0) is 36.8. The van der Waals surface area contributed by atoms with E-state index < -0.39 is 52.3 Å². The van der Waals surface area contributed by atoms with Crippen LogP contribution in [0, 0.1) is 18.3 Å². The van der Waals surface area contributed by atoms with E-state index in [2.05, 4.69) is 35.6 Å². The normalized spacial score (nSPS) is 13.6. The summed E-state index contributed by atoms with van der Waals surface area (Å²) in [5.74, 6) is 2.80. The number of rotatable bonds is 10. The zero-order valence-electron chi connectivity index (χ0n) is 28.8. The zero-order valence-corrected chi connectivity index (χ0v) is 29.6. The number of hydrogen-bond acceptors (Lipinski definition) is 4. The molecule has 0 fully saturated rings. The van der Waals surface area contributed by atoms with E-state index in [9.17, 15) is 26.6 Å². The molecular formula is C39H45F4N3O2S. The van der Waals surface area contributed by atoms with Gasteiger partial charge in [-0.1, -0.05) is 110 Å². The predicted molar refractivity (Wildman–Crippen MR) is 193 cm³/mol. The van der Waals surface area contributed by atoms with E-state index in [-0.39, 0.29) is 5.56 Å². The van der Waals surface area contributed by atoms with Gasteiger partial charge < -0.3 is 5.32 Å². The maximum absolute atomic E-state index is 14.3. The number of halogens is 4. The summed E-state index contributed by atoms with van der Waals surface area (Å²) >= 11 is 0. The number of aryl methyl sites for hydroxylation is 1. The molecule has 4 aromatic carbocycles. The Hall–Kier alpha value is -4.46. The summed E-state index contributed by atoms with van der Waals surface area (Å²) < 4.78 is 68.7. The van der Waals surface area contributed by atoms with Gasteiger partial charge in [0.25, 0.3) is 0 Å². The van der Waals surface area contributed by atoms with E-state index in [4.69, 9.17) is 5.26 Å². The molecule has 5 nitrogen and oxygen atoms in total. The van der Waals surface area contributed by atoms with Gasteiger partial charge in [0.05, 0.1) is 12.1 Å². The van der Waals surface area contributed by atoms with Gasteiger partial charge in [-0.15, -0.1) is 0 Å². The first-order chi connectivity index (χ1) is 23.0. The van der Waals surface area contributed by atoms with Crippen molar-refractivity contribution in [1.82, 2.24) is 10.6 Å². The molecule has 0 heterocycles. The first-order valence-corrected chi connectivity index (χ1v) is 17.9. The quantitative estimate of drug-likeness (QED) is 0.0986. The van der Waals surface area contributed by atoms with Crippen molar-refractivity contribution in [2.24, 2.45) is 0 Å². The Balaban J connectivity index is 0.000000809. The summed E-state index contributed by atoms with van der Waals surface area (Å²) in [6.07, 6.45) is -3.71. The van der Waals surface area contributed by atoms with Gasteiger partial charge in [-0.3, -0.25) is 14.3 Å². The number of benzene rings is 4. The fraction of sp³-hybridized carbons (Fsp3) is 0.308. The van der Waals surface area contributed by atoms with Gasteiger partial charge in [-0.2, -0.15) is 18.4 Å². The third kappa shape index (κ3) is 13.5. The second-order valence-corrected chi connectivity index (χ2v) is 14.4. The number of carbonyl (C=O) groups is 1. The van der Waals surface area contributed by atoms with Crippen molar-refractivity contribution in [3.05, 3.63) is 114 Å². The lowest BCUT2D eigenvalue weighted by Crippen LogP contribution is -2.51. The Morgan fingerprint density at radius 3 is 1.59 bits per heavy atom. The van der Waals surface area contributed by atoms with Crippen molar-refractivity contribution in [3.8, 4) is 28.3 Å². The highest BCUT2D eigenvalue weighted by Crippen LogP contribution is 2.35. The predicted octanol–water partition coefficient (Wildman–Crippen LogP) is 9.09. The van der Waals surface area contributed by atoms with E-state index in [1.165, 1.54) is 31.5 Å². The van der Waals surface area contributed by atoms with Crippen LogP contribution in [0.15, 0.2) is 108 Å². The van der Waals surface area contributed by atoms with Crippen LogP contribution in [-0.4, -0.2) is 46.7 Å². The van der Waals surface area contributed by atoms with Gasteiger partial charge in [0.15, 0.2) is 0 Å². The summed E-state index contributed by atoms with van der Waals surface area (Å²) in [6, 6.07) is 28.7. The second kappa shape index (κ2) is 18.3. The molecule has 3 unspecified atom stereocenters. The van der Waals surface area contributed by atoms with Crippen molar-refractivity contribution in [2.45, 2.75) is 69.9 Å². The topological polar surface area (TPSA) is 82.0 Å². The van der Waals surface area contributed by atoms with Gasteiger partial charge in [-0.25, -0.2) is 4.39 Å². The Bertz CT molecular complexity index is 1740. The molecule has 4 rings (SSSR count). The fourth-order valence-corrected chi connectivity index (χ4v) is 5.45. The molecule has 0 radical (unpaired) electrons. The van der Waals surface area contributed by atoms with Crippen LogP contribution in [0.3, 0.4) is 0 Å². The van der Waals surface area contributed by atoms with E-state index in [0.29, 0.717) is 10.5 Å². The van der Waals surface area contributed by atoms with E-state index in [1.54, 1.807) is 36.6 Å². The summed E-state index contributed by atoms with van der Waals surface area (Å²) in [7, 11) is -2.31. The minimum atomic E-state index is -4.77. The standard InChI is InChI=1S/C30H31F4N3O2S.C7H8.C2H6/c1-29(2,31)19-26(28(38)36-18-17-35)37-27(30(32,33)34)24-11-9-22(10-12-24)20-5-7-21(8-6-20)23-13-15-25(16-14-23)40(3,4)39;1-7-5-3-2-4-6-7;1-2/h5-16,26-27,37H,3,18-19H2,1-2,4H3,(H,36,38);2-6H,1H3;1-2H3. The molecule has 0 aliphatic rings. The molecule has 0 aromatic heterocycles. The van der Waals surface area contributed by atoms with Gasteiger partial charge in [-0.05, 0) is 76.1 Å². The molecule has 2 N–H and O–H groups in total. The summed E-state index contributed by atoms with van der Waals surface area (Å²) in [5, 5.41) is 13.2. The number of nitriles is 1. The van der Waals surface area contributed by atoms with E-state index in [1.807, 2.05) is 68.4 Å². The van der Waals surface area contributed by atoms with Crippen molar-refractivity contribution in [1.29, 1.82) is 5.26 Å². The van der Waals surface area contributed by atoms with Crippen LogP contribution in [0.25, 0.3) is 22.3 Å². The number of nitrogens with zero attached hydrogens (tertiary/aromatic N) is 1. The molecule has 1 amide bonds. The van der Waals surface area contributed by atoms with Gasteiger partial charge in [0.2, 0.25) is 5.91 Å². The van der Waals surface area contributed by atoms with Crippen LogP contribution >= 0.6 is 0 Å². The Morgan fingerprint density at radius 1 is 0.816 bits per heavy atom. The van der Waals surface area contributed by atoms with Crippen LogP contribution in [0.5, 0.6) is 0 Å². The largest absolute Gasteiger partial charge is 0.407 e. The third-order valence-electron chi connectivity index (χ3n) is 7.13. The van der Waals surface area contributed by atoms with Gasteiger partial charge in [0.1, 0.15) is 18.3 Å². The molecular weight excluding hydrogens is 651 g/mol. The number of carbonyl (C=O) groups excluding carboxylic acids is 1. The molecule has 0 aliphatic carbocycles. The third-order valence-corrected chi connectivity index (χ3v) is 8.40. The highest BCUT2D eigenvalue weighted by Gasteiger charge is 2.43. The fourth-order valence-electron chi connectivity index (χ4n) is 4.74. The van der Waals surface area contributed by atoms with Gasteiger partial charge >= 0.3 is 6.18 Å². The molecule has 262 valence electrons. The molecule has 0 saturated carbocycles. The summed E-state index contributed by atoms with van der Waals surface area (Å²) in [5.41, 5.74) is 2.55. The maximum Gasteiger partial charge on any atom is 0.407 e. The van der Waals surface area contributed by atoms with E-state index >= 15 is 0 Å². The first kappa shape index (κ1) is 40.7. The molecule has 0 spiro atoms. The minimum absolute atomic E-state index is 0.138. The van der Waals surface area contributed by atoms with Crippen LogP contribution < -0.4 is 10.6 Å². The van der Waals surface area contributed by atoms with Crippen LogP contribution in [0.1, 0.15) is 51.3 Å². The van der Waals surface area contributed by atoms with Crippen LogP contribution in [0.2, 0.25) is 0 Å². The van der Waals surface area contributed by atoms with Crippen molar-refractivity contribution >= 4 is 21.3 Å². The van der Waals surface area contributed by atoms with E-state index in [0.717, 1.165) is 16.7 Å². The Labute approximate surface area is 288 Å². The smallest absolute Gasteiger partial charge is 0.342 e. The molecule has 4 aromatic rings. The lowest BCUT2D eigenvalue weighted by molar-refractivity contribution is -0.161. The summed E-state index contributed by atoms with van der Waals surface area (Å²) in [6.45, 7) is 8.02. The van der Waals surface area contributed by atoms with Crippen molar-refractivity contribution < 1.29 is 26.6 Å². The molecule has 10 heteroatoms. The Morgan fingerprint density at radius 2 is 1.24 bits per heavy atom.